The van der Waals surface area contributed by atoms with E-state index in [0.29, 0.717) is 18.5 Å². The first-order valence-corrected chi connectivity index (χ1v) is 8.25. The predicted octanol–water partition coefficient (Wildman–Crippen LogP) is -0.0118. The molecule has 2 atom stereocenters. The minimum atomic E-state index is -0.703. The van der Waals surface area contributed by atoms with Gasteiger partial charge in [0.05, 0.1) is 13.2 Å². The third-order valence-corrected chi connectivity index (χ3v) is 4.86. The molecule has 120 valence electrons. The quantitative estimate of drug-likeness (QED) is 0.689. The maximum absolute atomic E-state index is 11.3. The molecule has 6 heteroatoms. The van der Waals surface area contributed by atoms with Crippen LogP contribution in [0.4, 0.5) is 0 Å². The van der Waals surface area contributed by atoms with Gasteiger partial charge in [-0.3, -0.25) is 9.69 Å². The molecule has 2 N–H and O–H groups in total. The smallest absolute Gasteiger partial charge is 0.320 e. The summed E-state index contributed by atoms with van der Waals surface area (Å²) < 4.78 is 5.41. The van der Waals surface area contributed by atoms with E-state index in [1.807, 2.05) is 0 Å². The average molecular weight is 297 g/mol. The van der Waals surface area contributed by atoms with Crippen molar-refractivity contribution >= 4 is 5.97 Å². The molecular formula is C15H27N3O3. The Labute approximate surface area is 126 Å². The molecule has 0 aromatic carbocycles. The lowest BCUT2D eigenvalue weighted by Crippen LogP contribution is -2.45. The topological polar surface area (TPSA) is 65.0 Å². The summed E-state index contributed by atoms with van der Waals surface area (Å²) in [5.41, 5.74) is 0. The standard InChI is InChI=1S/C15H27N3O3/c19-15(20)14(16-12-1-2-12)4-6-17-5-3-13(11-17)18-7-9-21-10-8-18/h12-14,16H,1-11H2,(H,19,20). The molecule has 1 saturated carbocycles. The van der Waals surface area contributed by atoms with E-state index in [4.69, 9.17) is 4.74 Å². The van der Waals surface area contributed by atoms with Crippen molar-refractivity contribution in [3.8, 4) is 0 Å². The average Bonchev–Trinajstić information content (AvgIpc) is 3.19. The number of carboxylic acids is 1. The van der Waals surface area contributed by atoms with Gasteiger partial charge in [0.15, 0.2) is 0 Å². The Bertz CT molecular complexity index is 356. The van der Waals surface area contributed by atoms with Crippen molar-refractivity contribution in [2.24, 2.45) is 0 Å². The second-order valence-corrected chi connectivity index (χ2v) is 6.51. The number of nitrogens with one attached hydrogen (secondary N) is 1. The zero-order chi connectivity index (χ0) is 14.7. The number of carbonyl (C=O) groups is 1. The number of nitrogens with zero attached hydrogens (tertiary/aromatic N) is 2. The summed E-state index contributed by atoms with van der Waals surface area (Å²) >= 11 is 0. The summed E-state index contributed by atoms with van der Waals surface area (Å²) in [6.45, 7) is 6.84. The highest BCUT2D eigenvalue weighted by atomic mass is 16.5. The van der Waals surface area contributed by atoms with Crippen LogP contribution >= 0.6 is 0 Å². The van der Waals surface area contributed by atoms with Crippen molar-refractivity contribution < 1.29 is 14.6 Å². The highest BCUT2D eigenvalue weighted by Crippen LogP contribution is 2.21. The molecule has 0 amide bonds. The van der Waals surface area contributed by atoms with Crippen LogP contribution < -0.4 is 5.32 Å². The Morgan fingerprint density at radius 2 is 2.00 bits per heavy atom. The third-order valence-electron chi connectivity index (χ3n) is 4.86. The van der Waals surface area contributed by atoms with Crippen LogP contribution in [-0.4, -0.2) is 84.9 Å². The molecule has 3 fully saturated rings. The summed E-state index contributed by atoms with van der Waals surface area (Å²) in [6, 6.07) is 0.708. The van der Waals surface area contributed by atoms with Gasteiger partial charge in [-0.15, -0.1) is 0 Å². The van der Waals surface area contributed by atoms with E-state index in [9.17, 15) is 9.90 Å². The minimum Gasteiger partial charge on any atom is -0.480 e. The second-order valence-electron chi connectivity index (χ2n) is 6.51. The minimum absolute atomic E-state index is 0.375. The van der Waals surface area contributed by atoms with Gasteiger partial charge in [-0.05, 0) is 32.2 Å². The summed E-state index contributed by atoms with van der Waals surface area (Å²) in [7, 11) is 0. The Morgan fingerprint density at radius 3 is 2.67 bits per heavy atom. The maximum atomic E-state index is 11.3. The first kappa shape index (κ1) is 15.2. The fourth-order valence-electron chi connectivity index (χ4n) is 3.38. The molecule has 2 unspecified atom stereocenters. The van der Waals surface area contributed by atoms with Crippen molar-refractivity contribution in [3.05, 3.63) is 0 Å². The number of hydrogen-bond donors (Lipinski definition) is 2. The van der Waals surface area contributed by atoms with Gasteiger partial charge in [-0.25, -0.2) is 0 Å². The number of aliphatic carboxylic acids is 1. The van der Waals surface area contributed by atoms with Crippen LogP contribution in [0, 0.1) is 0 Å². The monoisotopic (exact) mass is 297 g/mol. The van der Waals surface area contributed by atoms with Gasteiger partial charge in [0.1, 0.15) is 6.04 Å². The normalized spacial score (nSPS) is 29.6. The molecule has 6 nitrogen and oxygen atoms in total. The first-order chi connectivity index (χ1) is 10.2. The highest BCUT2D eigenvalue weighted by molar-refractivity contribution is 5.73. The number of hydrogen-bond acceptors (Lipinski definition) is 5. The predicted molar refractivity (Wildman–Crippen MR) is 79.4 cm³/mol. The Kier molecular flexibility index (Phi) is 5.11. The third kappa shape index (κ3) is 4.39. The van der Waals surface area contributed by atoms with Crippen molar-refractivity contribution in [1.82, 2.24) is 15.1 Å². The van der Waals surface area contributed by atoms with Crippen LogP contribution in [0.5, 0.6) is 0 Å². The van der Waals surface area contributed by atoms with Gasteiger partial charge >= 0.3 is 5.97 Å². The van der Waals surface area contributed by atoms with Crippen LogP contribution in [-0.2, 0) is 9.53 Å². The molecule has 2 aliphatic heterocycles. The molecule has 3 aliphatic rings. The van der Waals surface area contributed by atoms with E-state index in [-0.39, 0.29) is 6.04 Å². The number of ether oxygens (including phenoxy) is 1. The van der Waals surface area contributed by atoms with Gasteiger partial charge in [0, 0.05) is 38.3 Å². The van der Waals surface area contributed by atoms with Crippen molar-refractivity contribution in [3.63, 3.8) is 0 Å². The fourth-order valence-corrected chi connectivity index (χ4v) is 3.38. The molecule has 2 heterocycles. The lowest BCUT2D eigenvalue weighted by molar-refractivity contribution is -0.139. The zero-order valence-corrected chi connectivity index (χ0v) is 12.7. The van der Waals surface area contributed by atoms with Crippen molar-refractivity contribution in [1.29, 1.82) is 0 Å². The number of rotatable bonds is 7. The Balaban J connectivity index is 1.40. The molecule has 0 bridgehead atoms. The van der Waals surface area contributed by atoms with E-state index < -0.39 is 5.97 Å². The largest absolute Gasteiger partial charge is 0.480 e. The van der Waals surface area contributed by atoms with Gasteiger partial charge < -0.3 is 20.1 Å². The van der Waals surface area contributed by atoms with E-state index >= 15 is 0 Å². The van der Waals surface area contributed by atoms with Crippen molar-refractivity contribution in [2.45, 2.75) is 43.8 Å². The molecule has 0 aromatic rings. The van der Waals surface area contributed by atoms with Crippen molar-refractivity contribution in [2.75, 3.05) is 45.9 Å². The molecule has 0 spiro atoms. The maximum Gasteiger partial charge on any atom is 0.320 e. The summed E-state index contributed by atoms with van der Waals surface area (Å²) in [5.74, 6) is -0.703. The second kappa shape index (κ2) is 7.05. The Morgan fingerprint density at radius 1 is 1.24 bits per heavy atom. The molecule has 0 aromatic heterocycles. The summed E-state index contributed by atoms with van der Waals surface area (Å²) in [6.07, 6.45) is 4.18. The number of carboxylic acid groups (broad SMARTS) is 1. The highest BCUT2D eigenvalue weighted by Gasteiger charge is 2.31. The van der Waals surface area contributed by atoms with Crippen LogP contribution in [0.1, 0.15) is 25.7 Å². The molecule has 3 rings (SSSR count). The first-order valence-electron chi connectivity index (χ1n) is 8.25. The molecule has 0 radical (unpaired) electrons. The van der Waals surface area contributed by atoms with Crippen LogP contribution in [0.2, 0.25) is 0 Å². The molecular weight excluding hydrogens is 270 g/mol. The molecule has 1 aliphatic carbocycles. The summed E-state index contributed by atoms with van der Waals surface area (Å²) in [5, 5.41) is 12.5. The Hall–Kier alpha value is -0.690. The van der Waals surface area contributed by atoms with Gasteiger partial charge in [-0.2, -0.15) is 0 Å². The van der Waals surface area contributed by atoms with Gasteiger partial charge in [0.25, 0.3) is 0 Å². The molecule has 2 saturated heterocycles. The van der Waals surface area contributed by atoms with Crippen LogP contribution in [0.3, 0.4) is 0 Å². The molecule has 21 heavy (non-hydrogen) atoms. The van der Waals surface area contributed by atoms with Gasteiger partial charge in [-0.1, -0.05) is 0 Å². The van der Waals surface area contributed by atoms with E-state index in [1.54, 1.807) is 0 Å². The van der Waals surface area contributed by atoms with Crippen LogP contribution in [0.15, 0.2) is 0 Å². The fraction of sp³-hybridized carbons (Fsp3) is 0.933. The zero-order valence-electron chi connectivity index (χ0n) is 12.7. The number of morpholine rings is 1. The van der Waals surface area contributed by atoms with E-state index in [0.717, 1.165) is 58.8 Å². The lowest BCUT2D eigenvalue weighted by Gasteiger charge is -2.32. The van der Waals surface area contributed by atoms with E-state index in [2.05, 4.69) is 15.1 Å². The van der Waals surface area contributed by atoms with Crippen LogP contribution in [0.25, 0.3) is 0 Å². The van der Waals surface area contributed by atoms with E-state index in [1.165, 1.54) is 6.42 Å². The SMILES string of the molecule is O=C(O)C(CCN1CCC(N2CCOCC2)C1)NC1CC1. The lowest BCUT2D eigenvalue weighted by atomic mass is 10.2. The summed E-state index contributed by atoms with van der Waals surface area (Å²) in [4.78, 5) is 16.2. The van der Waals surface area contributed by atoms with Gasteiger partial charge in [0.2, 0.25) is 0 Å². The number of likely N-dealkylation sites (tertiary alicyclic amines) is 1.